The molecule has 3 heteroatoms. The maximum Gasteiger partial charge on any atom is 0.250 e. The van der Waals surface area contributed by atoms with E-state index in [0.717, 1.165) is 35.0 Å². The molecule has 1 heterocycles. The molecule has 1 aromatic carbocycles. The Bertz CT molecular complexity index is 684. The first-order valence-corrected chi connectivity index (χ1v) is 7.04. The van der Waals surface area contributed by atoms with Crippen molar-refractivity contribution in [3.8, 4) is 16.9 Å². The van der Waals surface area contributed by atoms with Crippen LogP contribution in [-0.4, -0.2) is 11.2 Å². The van der Waals surface area contributed by atoms with Gasteiger partial charge in [0.2, 0.25) is 5.56 Å². The fourth-order valence-electron chi connectivity index (χ4n) is 2.37. The van der Waals surface area contributed by atoms with Crippen LogP contribution in [0.15, 0.2) is 41.3 Å². The van der Waals surface area contributed by atoms with Gasteiger partial charge in [-0.3, -0.25) is 4.79 Å². The molecule has 1 aliphatic rings. The van der Waals surface area contributed by atoms with Crippen molar-refractivity contribution in [1.29, 1.82) is 0 Å². The lowest BCUT2D eigenvalue weighted by molar-refractivity contribution is 0.301. The van der Waals surface area contributed by atoms with Crippen LogP contribution in [0.25, 0.3) is 11.1 Å². The zero-order valence-corrected chi connectivity index (χ0v) is 11.9. The highest BCUT2D eigenvalue weighted by Gasteiger charge is 2.22. The van der Waals surface area contributed by atoms with E-state index in [1.165, 1.54) is 12.8 Å². The molecule has 0 unspecified atom stereocenters. The minimum absolute atomic E-state index is 0.00258. The molecule has 2 aromatic rings. The van der Waals surface area contributed by atoms with Crippen molar-refractivity contribution in [3.05, 3.63) is 52.4 Å². The Balaban J connectivity index is 2.00. The third-order valence-corrected chi connectivity index (χ3v) is 3.78. The predicted molar refractivity (Wildman–Crippen MR) is 80.1 cm³/mol. The van der Waals surface area contributed by atoms with Crippen LogP contribution in [0.3, 0.4) is 0 Å². The van der Waals surface area contributed by atoms with Gasteiger partial charge in [0.05, 0.1) is 6.61 Å². The molecule has 20 heavy (non-hydrogen) atoms. The van der Waals surface area contributed by atoms with Crippen LogP contribution in [0.1, 0.15) is 18.4 Å². The topological polar surface area (TPSA) is 31.2 Å². The van der Waals surface area contributed by atoms with E-state index in [2.05, 4.69) is 13.0 Å². The van der Waals surface area contributed by atoms with Crippen molar-refractivity contribution < 1.29 is 4.74 Å². The normalized spacial score (nSPS) is 14.3. The van der Waals surface area contributed by atoms with Gasteiger partial charge in [0, 0.05) is 30.4 Å². The molecule has 1 aliphatic carbocycles. The van der Waals surface area contributed by atoms with Crippen molar-refractivity contribution in [1.82, 2.24) is 4.57 Å². The molecule has 0 spiro atoms. The van der Waals surface area contributed by atoms with Gasteiger partial charge in [0.25, 0.3) is 0 Å². The van der Waals surface area contributed by atoms with Gasteiger partial charge in [-0.05, 0) is 43.4 Å². The number of benzene rings is 1. The smallest absolute Gasteiger partial charge is 0.250 e. The maximum atomic E-state index is 11.5. The minimum atomic E-state index is 0.00258. The van der Waals surface area contributed by atoms with E-state index in [1.807, 2.05) is 24.4 Å². The second-order valence-electron chi connectivity index (χ2n) is 5.57. The molecule has 0 bridgehead atoms. The third kappa shape index (κ3) is 2.62. The lowest BCUT2D eigenvalue weighted by Crippen LogP contribution is -2.14. The molecule has 0 radical (unpaired) electrons. The minimum Gasteiger partial charge on any atom is -0.493 e. The summed E-state index contributed by atoms with van der Waals surface area (Å²) in [5.41, 5.74) is 3.28. The molecular formula is C17H19NO2. The monoisotopic (exact) mass is 269 g/mol. The van der Waals surface area contributed by atoms with Gasteiger partial charge in [0.1, 0.15) is 5.75 Å². The van der Waals surface area contributed by atoms with Crippen molar-refractivity contribution in [2.24, 2.45) is 13.0 Å². The highest BCUT2D eigenvalue weighted by atomic mass is 16.5. The SMILES string of the molecule is Cc1cccc(OCC2CC2)c1-c1ccc(=O)n(C)c1. The first-order valence-electron chi connectivity index (χ1n) is 7.04. The largest absolute Gasteiger partial charge is 0.493 e. The number of aromatic nitrogens is 1. The quantitative estimate of drug-likeness (QED) is 0.853. The van der Waals surface area contributed by atoms with E-state index < -0.39 is 0 Å². The zero-order valence-electron chi connectivity index (χ0n) is 11.9. The van der Waals surface area contributed by atoms with Crippen LogP contribution in [0.2, 0.25) is 0 Å². The molecule has 1 saturated carbocycles. The van der Waals surface area contributed by atoms with Crippen molar-refractivity contribution in [3.63, 3.8) is 0 Å². The molecule has 1 aromatic heterocycles. The van der Waals surface area contributed by atoms with Gasteiger partial charge >= 0.3 is 0 Å². The van der Waals surface area contributed by atoms with Gasteiger partial charge < -0.3 is 9.30 Å². The first kappa shape index (κ1) is 13.0. The molecule has 1 fully saturated rings. The van der Waals surface area contributed by atoms with Gasteiger partial charge in [-0.25, -0.2) is 0 Å². The Hall–Kier alpha value is -2.03. The Morgan fingerprint density at radius 3 is 2.75 bits per heavy atom. The van der Waals surface area contributed by atoms with E-state index >= 15 is 0 Å². The van der Waals surface area contributed by atoms with Gasteiger partial charge in [-0.1, -0.05) is 12.1 Å². The number of pyridine rings is 1. The average molecular weight is 269 g/mol. The Morgan fingerprint density at radius 1 is 1.25 bits per heavy atom. The molecular weight excluding hydrogens is 250 g/mol. The summed E-state index contributed by atoms with van der Waals surface area (Å²) in [6.45, 7) is 2.87. The number of ether oxygens (including phenoxy) is 1. The lowest BCUT2D eigenvalue weighted by Gasteiger charge is -2.14. The second-order valence-corrected chi connectivity index (χ2v) is 5.57. The van der Waals surface area contributed by atoms with Crippen LogP contribution in [0.4, 0.5) is 0 Å². The van der Waals surface area contributed by atoms with Crippen LogP contribution < -0.4 is 10.3 Å². The summed E-state index contributed by atoms with van der Waals surface area (Å²) < 4.78 is 7.58. The molecule has 3 nitrogen and oxygen atoms in total. The summed E-state index contributed by atoms with van der Waals surface area (Å²) in [7, 11) is 1.77. The molecule has 0 saturated heterocycles. The van der Waals surface area contributed by atoms with Gasteiger partial charge in [0.15, 0.2) is 0 Å². The molecule has 0 N–H and O–H groups in total. The maximum absolute atomic E-state index is 11.5. The summed E-state index contributed by atoms with van der Waals surface area (Å²) in [5, 5.41) is 0. The van der Waals surface area contributed by atoms with Crippen LogP contribution in [0, 0.1) is 12.8 Å². The van der Waals surface area contributed by atoms with Crippen LogP contribution in [-0.2, 0) is 7.05 Å². The number of rotatable bonds is 4. The van der Waals surface area contributed by atoms with Gasteiger partial charge in [-0.15, -0.1) is 0 Å². The number of nitrogens with zero attached hydrogens (tertiary/aromatic N) is 1. The van der Waals surface area contributed by atoms with Crippen molar-refractivity contribution in [2.45, 2.75) is 19.8 Å². The summed E-state index contributed by atoms with van der Waals surface area (Å²) in [6.07, 6.45) is 4.43. The highest BCUT2D eigenvalue weighted by molar-refractivity contribution is 5.73. The first-order chi connectivity index (χ1) is 9.65. The van der Waals surface area contributed by atoms with Gasteiger partial charge in [-0.2, -0.15) is 0 Å². The Kier molecular flexibility index (Phi) is 3.35. The number of hydrogen-bond donors (Lipinski definition) is 0. The van der Waals surface area contributed by atoms with E-state index in [-0.39, 0.29) is 5.56 Å². The number of hydrogen-bond acceptors (Lipinski definition) is 2. The van der Waals surface area contributed by atoms with E-state index in [0.29, 0.717) is 0 Å². The molecule has 104 valence electrons. The van der Waals surface area contributed by atoms with E-state index in [9.17, 15) is 4.79 Å². The summed E-state index contributed by atoms with van der Waals surface area (Å²) in [5.74, 6) is 1.64. The zero-order chi connectivity index (χ0) is 14.1. The van der Waals surface area contributed by atoms with Crippen LogP contribution in [0.5, 0.6) is 5.75 Å². The lowest BCUT2D eigenvalue weighted by atomic mass is 10.0. The van der Waals surface area contributed by atoms with Crippen molar-refractivity contribution >= 4 is 0 Å². The molecule has 3 rings (SSSR count). The predicted octanol–water partition coefficient (Wildman–Crippen LogP) is 3.15. The van der Waals surface area contributed by atoms with Crippen molar-refractivity contribution in [2.75, 3.05) is 6.61 Å². The Morgan fingerprint density at radius 2 is 2.05 bits per heavy atom. The van der Waals surface area contributed by atoms with E-state index in [4.69, 9.17) is 4.74 Å². The highest BCUT2D eigenvalue weighted by Crippen LogP contribution is 2.35. The molecule has 0 aliphatic heterocycles. The average Bonchev–Trinajstić information content (AvgIpc) is 3.24. The third-order valence-electron chi connectivity index (χ3n) is 3.78. The fraction of sp³-hybridized carbons (Fsp3) is 0.353. The summed E-state index contributed by atoms with van der Waals surface area (Å²) >= 11 is 0. The summed E-state index contributed by atoms with van der Waals surface area (Å²) in [4.78, 5) is 11.5. The number of aryl methyl sites for hydroxylation is 2. The second kappa shape index (κ2) is 5.16. The Labute approximate surface area is 118 Å². The molecule has 0 atom stereocenters. The summed E-state index contributed by atoms with van der Waals surface area (Å²) in [6, 6.07) is 9.57. The van der Waals surface area contributed by atoms with E-state index in [1.54, 1.807) is 17.7 Å². The fourth-order valence-corrected chi connectivity index (χ4v) is 2.37. The molecule has 0 amide bonds. The van der Waals surface area contributed by atoms with Crippen LogP contribution >= 0.6 is 0 Å². The standard InChI is InChI=1S/C17H19NO2/c1-12-4-3-5-15(20-11-13-6-7-13)17(12)14-8-9-16(19)18(2)10-14/h3-5,8-10,13H,6-7,11H2,1-2H3.